The van der Waals surface area contributed by atoms with Crippen molar-refractivity contribution in [2.45, 2.75) is 0 Å². The molecule has 0 aliphatic rings. The number of ether oxygens (including phenoxy) is 1. The van der Waals surface area contributed by atoms with Gasteiger partial charge >= 0.3 is 0 Å². The molecular weight excluding hydrogens is 254 g/mol. The molecule has 0 saturated carbocycles. The van der Waals surface area contributed by atoms with Crippen molar-refractivity contribution in [1.29, 1.82) is 0 Å². The van der Waals surface area contributed by atoms with E-state index >= 15 is 0 Å². The maximum absolute atomic E-state index is 11.3. The minimum absolute atomic E-state index is 0.0253. The number of aromatic nitrogens is 1. The van der Waals surface area contributed by atoms with Gasteiger partial charge in [0.1, 0.15) is 6.61 Å². The van der Waals surface area contributed by atoms with Gasteiger partial charge < -0.3 is 10.5 Å². The number of hydrogen-bond donors (Lipinski definition) is 2. The molecule has 18 heavy (non-hydrogen) atoms. The van der Waals surface area contributed by atoms with Gasteiger partial charge in [0, 0.05) is 12.7 Å². The topological polar surface area (TPSA) is 94.3 Å². The molecule has 0 aliphatic carbocycles. The smallest absolute Gasteiger partial charge is 0.252 e. The second-order valence-corrected chi connectivity index (χ2v) is 4.58. The summed E-state index contributed by atoms with van der Waals surface area (Å²) in [4.78, 5) is 26.6. The first kappa shape index (κ1) is 12.5. The van der Waals surface area contributed by atoms with E-state index in [2.05, 4.69) is 10.3 Å². The Labute approximate surface area is 107 Å². The summed E-state index contributed by atoms with van der Waals surface area (Å²) in [6.45, 7) is -0.0253. The summed E-state index contributed by atoms with van der Waals surface area (Å²) in [5, 5.41) is 3.07. The van der Waals surface area contributed by atoms with Crippen molar-refractivity contribution in [3.05, 3.63) is 23.8 Å². The van der Waals surface area contributed by atoms with E-state index in [0.717, 1.165) is 4.70 Å². The number of anilines is 1. The number of primary amides is 1. The molecule has 1 aromatic heterocycles. The number of nitrogens with two attached hydrogens (primary N) is 1. The monoisotopic (exact) mass is 265 g/mol. The number of fused-ring (bicyclic) bond motifs is 1. The van der Waals surface area contributed by atoms with Gasteiger partial charge in [0.25, 0.3) is 5.91 Å². The van der Waals surface area contributed by atoms with Crippen molar-refractivity contribution in [3.63, 3.8) is 0 Å². The number of methoxy groups -OCH3 is 1. The van der Waals surface area contributed by atoms with Crippen molar-refractivity contribution in [2.75, 3.05) is 19.0 Å². The number of hydrogen-bond acceptors (Lipinski definition) is 5. The van der Waals surface area contributed by atoms with Crippen LogP contribution >= 0.6 is 11.3 Å². The zero-order valence-electron chi connectivity index (χ0n) is 9.60. The van der Waals surface area contributed by atoms with Crippen molar-refractivity contribution in [2.24, 2.45) is 5.73 Å². The Morgan fingerprint density at radius 1 is 1.50 bits per heavy atom. The van der Waals surface area contributed by atoms with E-state index in [1.54, 1.807) is 18.2 Å². The zero-order chi connectivity index (χ0) is 13.1. The van der Waals surface area contributed by atoms with Crippen LogP contribution in [0, 0.1) is 0 Å². The van der Waals surface area contributed by atoms with Crippen LogP contribution < -0.4 is 11.1 Å². The number of carbonyl (C=O) groups is 2. The first-order valence-corrected chi connectivity index (χ1v) is 5.91. The Bertz CT molecular complexity index is 609. The average molecular weight is 265 g/mol. The molecule has 0 fully saturated rings. The molecule has 2 rings (SSSR count). The van der Waals surface area contributed by atoms with Gasteiger partial charge in [-0.25, -0.2) is 4.98 Å². The van der Waals surface area contributed by atoms with Crippen molar-refractivity contribution in [1.82, 2.24) is 4.98 Å². The van der Waals surface area contributed by atoms with Crippen LogP contribution in [-0.2, 0) is 9.53 Å². The van der Waals surface area contributed by atoms with E-state index in [0.29, 0.717) is 16.2 Å². The summed E-state index contributed by atoms with van der Waals surface area (Å²) in [5.74, 6) is -0.762. The molecule has 0 unspecified atom stereocenters. The van der Waals surface area contributed by atoms with Gasteiger partial charge in [-0.2, -0.15) is 0 Å². The molecule has 7 heteroatoms. The first-order chi connectivity index (χ1) is 8.60. The largest absolute Gasteiger partial charge is 0.375 e. The van der Waals surface area contributed by atoms with Crippen molar-refractivity contribution >= 4 is 38.5 Å². The second kappa shape index (κ2) is 5.11. The third kappa shape index (κ3) is 2.63. The van der Waals surface area contributed by atoms with Gasteiger partial charge in [0.05, 0.1) is 10.2 Å². The number of thiazole rings is 1. The second-order valence-electron chi connectivity index (χ2n) is 3.55. The lowest BCUT2D eigenvalue weighted by molar-refractivity contribution is -0.119. The van der Waals surface area contributed by atoms with Crippen LogP contribution in [0.1, 0.15) is 10.4 Å². The lowest BCUT2D eigenvalue weighted by atomic mass is 10.2. The van der Waals surface area contributed by atoms with Gasteiger partial charge in [-0.05, 0) is 18.2 Å². The molecule has 1 aromatic carbocycles. The number of rotatable bonds is 4. The summed E-state index contributed by atoms with van der Waals surface area (Å²) >= 11 is 1.28. The number of carbonyl (C=O) groups excluding carboxylic acids is 2. The molecule has 3 N–H and O–H groups in total. The molecule has 94 valence electrons. The van der Waals surface area contributed by atoms with E-state index in [1.807, 2.05) is 0 Å². The van der Waals surface area contributed by atoms with Gasteiger partial charge in [-0.1, -0.05) is 11.3 Å². The highest BCUT2D eigenvalue weighted by atomic mass is 32.1. The molecule has 6 nitrogen and oxygen atoms in total. The number of benzene rings is 1. The van der Waals surface area contributed by atoms with E-state index in [9.17, 15) is 9.59 Å². The van der Waals surface area contributed by atoms with Gasteiger partial charge in [0.2, 0.25) is 5.91 Å². The Balaban J connectivity index is 2.27. The average Bonchev–Trinajstić information content (AvgIpc) is 2.69. The fourth-order valence-electron chi connectivity index (χ4n) is 1.42. The van der Waals surface area contributed by atoms with E-state index in [4.69, 9.17) is 10.5 Å². The van der Waals surface area contributed by atoms with Crippen LogP contribution in [0.4, 0.5) is 5.13 Å². The number of amides is 2. The van der Waals surface area contributed by atoms with Crippen LogP contribution in [0.15, 0.2) is 18.2 Å². The normalized spacial score (nSPS) is 10.5. The molecular formula is C11H11N3O3S. The Hall–Kier alpha value is -1.99. The predicted molar refractivity (Wildman–Crippen MR) is 68.6 cm³/mol. The number of nitrogens with zero attached hydrogens (tertiary/aromatic N) is 1. The minimum atomic E-state index is -0.490. The highest BCUT2D eigenvalue weighted by Gasteiger charge is 2.09. The molecule has 0 aliphatic heterocycles. The summed E-state index contributed by atoms with van der Waals surface area (Å²) in [6.07, 6.45) is 0. The van der Waals surface area contributed by atoms with E-state index in [1.165, 1.54) is 18.4 Å². The summed E-state index contributed by atoms with van der Waals surface area (Å²) in [5.41, 5.74) is 6.31. The Morgan fingerprint density at radius 2 is 2.28 bits per heavy atom. The highest BCUT2D eigenvalue weighted by Crippen LogP contribution is 2.26. The zero-order valence-corrected chi connectivity index (χ0v) is 10.4. The minimum Gasteiger partial charge on any atom is -0.375 e. The predicted octanol–water partition coefficient (Wildman–Crippen LogP) is 0.980. The van der Waals surface area contributed by atoms with Gasteiger partial charge in [-0.3, -0.25) is 14.9 Å². The lowest BCUT2D eigenvalue weighted by Gasteiger charge is -1.98. The molecule has 2 amide bonds. The van der Waals surface area contributed by atoms with E-state index < -0.39 is 5.91 Å². The summed E-state index contributed by atoms with van der Waals surface area (Å²) < 4.78 is 5.49. The fraction of sp³-hybridized carbons (Fsp3) is 0.182. The molecule has 0 bridgehead atoms. The van der Waals surface area contributed by atoms with E-state index in [-0.39, 0.29) is 12.5 Å². The fourth-order valence-corrected chi connectivity index (χ4v) is 2.34. The van der Waals surface area contributed by atoms with Crippen molar-refractivity contribution in [3.8, 4) is 0 Å². The third-order valence-electron chi connectivity index (χ3n) is 2.19. The molecule has 0 atom stereocenters. The van der Waals surface area contributed by atoms with Crippen LogP contribution in [0.5, 0.6) is 0 Å². The van der Waals surface area contributed by atoms with Crippen LogP contribution in [0.3, 0.4) is 0 Å². The molecule has 0 spiro atoms. The van der Waals surface area contributed by atoms with Crippen LogP contribution in [-0.4, -0.2) is 30.5 Å². The maximum Gasteiger partial charge on any atom is 0.252 e. The number of nitrogens with one attached hydrogen (secondary N) is 1. The molecule has 0 radical (unpaired) electrons. The quantitative estimate of drug-likeness (QED) is 0.861. The highest BCUT2D eigenvalue weighted by molar-refractivity contribution is 7.22. The Kier molecular flexibility index (Phi) is 3.54. The first-order valence-electron chi connectivity index (χ1n) is 5.09. The SMILES string of the molecule is COCC(=O)Nc1nc2ccc(C(N)=O)cc2s1. The maximum atomic E-state index is 11.3. The van der Waals surface area contributed by atoms with Gasteiger partial charge in [0.15, 0.2) is 5.13 Å². The van der Waals surface area contributed by atoms with Gasteiger partial charge in [-0.15, -0.1) is 0 Å². The third-order valence-corrected chi connectivity index (χ3v) is 3.13. The van der Waals surface area contributed by atoms with Crippen molar-refractivity contribution < 1.29 is 14.3 Å². The molecule has 2 aromatic rings. The summed E-state index contributed by atoms with van der Waals surface area (Å²) in [6, 6.07) is 4.95. The Morgan fingerprint density at radius 3 is 2.94 bits per heavy atom. The molecule has 1 heterocycles. The molecule has 0 saturated heterocycles. The lowest BCUT2D eigenvalue weighted by Crippen LogP contribution is -2.16. The van der Waals surface area contributed by atoms with Crippen LogP contribution in [0.25, 0.3) is 10.2 Å². The van der Waals surface area contributed by atoms with Crippen LogP contribution in [0.2, 0.25) is 0 Å². The standard InChI is InChI=1S/C11H11N3O3S/c1-17-5-9(15)14-11-13-7-3-2-6(10(12)16)4-8(7)18-11/h2-4H,5H2,1H3,(H2,12,16)(H,13,14,15). The summed E-state index contributed by atoms with van der Waals surface area (Å²) in [7, 11) is 1.44.